The number of oxazole rings is 1. The maximum Gasteiger partial charge on any atom is 0.246 e. The molecule has 4 amide bonds. The summed E-state index contributed by atoms with van der Waals surface area (Å²) in [5.41, 5.74) is 6.97. The summed E-state index contributed by atoms with van der Waals surface area (Å²) in [4.78, 5) is 68.1. The minimum absolute atomic E-state index is 0.0308. The summed E-state index contributed by atoms with van der Waals surface area (Å²) in [5, 5.41) is 28.7. The van der Waals surface area contributed by atoms with Gasteiger partial charge < -0.3 is 59.0 Å². The molecule has 3 aromatic heterocycles. The molecule has 0 radical (unpaired) electrons. The van der Waals surface area contributed by atoms with E-state index in [0.717, 1.165) is 50.7 Å². The number of aryl methyl sites for hydroxylation is 3. The number of carbonyl (C=O) groups is 4. The first-order valence-electron chi connectivity index (χ1n) is 26.8. The molecule has 1 saturated heterocycles. The van der Waals surface area contributed by atoms with E-state index in [0.29, 0.717) is 79.7 Å². The fraction of sp³-hybridized carbons (Fsp3) is 0.448. The number of aliphatic hydroxyl groups excluding tert-OH is 1. The van der Waals surface area contributed by atoms with Crippen molar-refractivity contribution in [2.24, 2.45) is 10.4 Å². The SMILES string of the molecule is Cc1ncoc1-c1ccc(CNC(=O)[C@@H]2C[C@@H](O)CN2C(=O)C(NC(=O)COCCCOCCOCOCCCOc2ccc(NC(=O)CC3N=C(c4ccc(Cl)cc4)c4c([nH]c(C)c4C)-n4c(C)nnc43)cc2)C(C)(C)C)cc1. The number of hydrogen-bond donors (Lipinski definition) is 5. The third-order valence-electron chi connectivity index (χ3n) is 13.8. The summed E-state index contributed by atoms with van der Waals surface area (Å²) >= 11 is 6.25. The molecule has 5 N–H and O–H groups in total. The van der Waals surface area contributed by atoms with E-state index in [2.05, 4.69) is 36.1 Å². The molecule has 6 aromatic rings. The number of H-pyrrole nitrogens is 1. The molecule has 8 rings (SSSR count). The van der Waals surface area contributed by atoms with E-state index in [1.165, 1.54) is 11.3 Å². The van der Waals surface area contributed by atoms with Crippen molar-refractivity contribution in [1.82, 2.24) is 40.3 Å². The van der Waals surface area contributed by atoms with E-state index in [1.807, 2.05) is 102 Å². The van der Waals surface area contributed by atoms with Crippen LogP contribution >= 0.6 is 11.6 Å². The Morgan fingerprint density at radius 2 is 1.52 bits per heavy atom. The van der Waals surface area contributed by atoms with Crippen LogP contribution in [0.5, 0.6) is 5.75 Å². The third-order valence-corrected chi connectivity index (χ3v) is 14.0. The fourth-order valence-corrected chi connectivity index (χ4v) is 9.58. The number of fused-ring (bicyclic) bond motifs is 3. The minimum Gasteiger partial charge on any atom is -0.494 e. The monoisotopic (exact) mass is 1120 g/mol. The highest BCUT2D eigenvalue weighted by molar-refractivity contribution is 6.30. The molecule has 21 nitrogen and oxygen atoms in total. The van der Waals surface area contributed by atoms with Crippen molar-refractivity contribution in [2.75, 3.05) is 64.9 Å². The summed E-state index contributed by atoms with van der Waals surface area (Å²) in [7, 11) is 0. The Labute approximate surface area is 470 Å². The highest BCUT2D eigenvalue weighted by Gasteiger charge is 2.44. The van der Waals surface area contributed by atoms with Crippen molar-refractivity contribution >= 4 is 46.6 Å². The van der Waals surface area contributed by atoms with Gasteiger partial charge in [-0.25, -0.2) is 4.98 Å². The number of likely N-dealkylation sites (tertiary alicyclic amines) is 1. The topological polar surface area (TPSA) is 259 Å². The van der Waals surface area contributed by atoms with Crippen LogP contribution in [0, 0.1) is 33.1 Å². The van der Waals surface area contributed by atoms with E-state index in [-0.39, 0.29) is 51.8 Å². The molecule has 80 heavy (non-hydrogen) atoms. The van der Waals surface area contributed by atoms with Crippen LogP contribution in [0.4, 0.5) is 5.69 Å². The summed E-state index contributed by atoms with van der Waals surface area (Å²) in [6.45, 7) is 15.4. The van der Waals surface area contributed by atoms with E-state index >= 15 is 0 Å². The summed E-state index contributed by atoms with van der Waals surface area (Å²) in [6, 6.07) is 19.7. The smallest absolute Gasteiger partial charge is 0.246 e. The van der Waals surface area contributed by atoms with E-state index in [1.54, 1.807) is 24.3 Å². The van der Waals surface area contributed by atoms with Gasteiger partial charge in [-0.1, -0.05) is 68.8 Å². The van der Waals surface area contributed by atoms with Crippen molar-refractivity contribution in [3.05, 3.63) is 130 Å². The van der Waals surface area contributed by atoms with Crippen LogP contribution in [0.2, 0.25) is 5.02 Å². The largest absolute Gasteiger partial charge is 0.494 e. The number of nitrogens with zero attached hydrogens (tertiary/aromatic N) is 6. The van der Waals surface area contributed by atoms with Gasteiger partial charge in [0.05, 0.1) is 50.4 Å². The van der Waals surface area contributed by atoms with Crippen molar-refractivity contribution in [3.63, 3.8) is 0 Å². The predicted molar refractivity (Wildman–Crippen MR) is 299 cm³/mol. The molecule has 2 unspecified atom stereocenters. The lowest BCUT2D eigenvalue weighted by Crippen LogP contribution is -2.58. The molecule has 0 spiro atoms. The number of amides is 4. The number of aliphatic hydroxyl groups is 1. The lowest BCUT2D eigenvalue weighted by Gasteiger charge is -2.35. The average molecular weight is 1120 g/mol. The minimum atomic E-state index is -0.974. The van der Waals surface area contributed by atoms with E-state index in [4.69, 9.17) is 44.7 Å². The van der Waals surface area contributed by atoms with Crippen LogP contribution < -0.4 is 20.7 Å². The number of aromatic amines is 1. The van der Waals surface area contributed by atoms with Gasteiger partial charge in [0.2, 0.25) is 23.6 Å². The lowest BCUT2D eigenvalue weighted by atomic mass is 9.85. The predicted octanol–water partition coefficient (Wildman–Crippen LogP) is 7.05. The normalized spacial score (nSPS) is 16.3. The fourth-order valence-electron chi connectivity index (χ4n) is 9.45. The lowest BCUT2D eigenvalue weighted by molar-refractivity contribution is -0.144. The first-order chi connectivity index (χ1) is 38.4. The third kappa shape index (κ3) is 15.1. The number of aliphatic imine (C=N–C) groups is 1. The molecule has 4 atom stereocenters. The van der Waals surface area contributed by atoms with Crippen LogP contribution in [0.15, 0.2) is 88.6 Å². The molecule has 22 heteroatoms. The van der Waals surface area contributed by atoms with Gasteiger partial charge in [-0.15, -0.1) is 10.2 Å². The first-order valence-corrected chi connectivity index (χ1v) is 27.2. The molecule has 0 saturated carbocycles. The van der Waals surface area contributed by atoms with Crippen LogP contribution in [0.1, 0.15) is 97.8 Å². The average Bonchev–Trinajstić information content (AvgIpc) is 4.21. The van der Waals surface area contributed by atoms with Crippen LogP contribution in [0.25, 0.3) is 17.1 Å². The number of nitrogens with one attached hydrogen (secondary N) is 4. The molecule has 0 aliphatic carbocycles. The van der Waals surface area contributed by atoms with Gasteiger partial charge in [-0.2, -0.15) is 0 Å². The van der Waals surface area contributed by atoms with Crippen LogP contribution in [-0.4, -0.2) is 142 Å². The molecule has 426 valence electrons. The molecule has 3 aromatic carbocycles. The Kier molecular flexibility index (Phi) is 20.1. The molecule has 2 aliphatic heterocycles. The Hall–Kier alpha value is -7.27. The second-order valence-electron chi connectivity index (χ2n) is 20.9. The maximum atomic E-state index is 14.0. The summed E-state index contributed by atoms with van der Waals surface area (Å²) in [6.07, 6.45) is 1.77. The standard InChI is InChI=1S/C58H71ClN10O11/c1-35-36(2)62-55-50(35)51(40-14-16-42(59)17-15-40)64-46(54-67-66-38(4)69(54)55)29-48(71)63-43-18-20-45(21-19-43)79-25-9-24-77-34-78-27-26-75-22-8-23-76-32-49(72)65-53(58(5,6)7)57(74)68-31-44(70)28-47(68)56(73)60-30-39-10-12-41(13-11-39)52-37(3)61-33-80-52/h10-21,33,44,46-47,53,62,70H,8-9,22-32,34H2,1-7H3,(H,60,73)(H,63,71)(H,65,72)/t44-,46?,47+,53?/m1/s1. The van der Waals surface area contributed by atoms with Gasteiger partial charge in [-0.3, -0.25) is 28.7 Å². The summed E-state index contributed by atoms with van der Waals surface area (Å²) in [5.74, 6) is 1.82. The molecule has 2 aliphatic rings. The zero-order valence-electron chi connectivity index (χ0n) is 46.3. The second-order valence-corrected chi connectivity index (χ2v) is 21.4. The number of anilines is 1. The van der Waals surface area contributed by atoms with Gasteiger partial charge in [0, 0.05) is 72.2 Å². The quantitative estimate of drug-likeness (QED) is 0.0269. The number of rotatable bonds is 26. The molecule has 5 heterocycles. The van der Waals surface area contributed by atoms with Crippen LogP contribution in [0.3, 0.4) is 0 Å². The Morgan fingerprint density at radius 3 is 2.25 bits per heavy atom. The highest BCUT2D eigenvalue weighted by Crippen LogP contribution is 2.36. The first kappa shape index (κ1) is 58.9. The molecule has 0 bridgehead atoms. The van der Waals surface area contributed by atoms with Crippen molar-refractivity contribution in [1.29, 1.82) is 0 Å². The van der Waals surface area contributed by atoms with Crippen molar-refractivity contribution in [3.8, 4) is 22.9 Å². The Balaban J connectivity index is 0.662. The number of aromatic nitrogens is 5. The van der Waals surface area contributed by atoms with Gasteiger partial charge >= 0.3 is 0 Å². The number of carbonyl (C=O) groups excluding carboxylic acids is 4. The number of halogens is 1. The number of ether oxygens (including phenoxy) is 5. The van der Waals surface area contributed by atoms with E-state index < -0.39 is 47.4 Å². The van der Waals surface area contributed by atoms with Gasteiger partial charge in [-0.05, 0) is 87.1 Å². The van der Waals surface area contributed by atoms with Crippen LogP contribution in [-0.2, 0) is 44.7 Å². The Morgan fingerprint density at radius 1 is 0.838 bits per heavy atom. The number of hydrogen-bond acceptors (Lipinski definition) is 15. The zero-order valence-corrected chi connectivity index (χ0v) is 47.1. The Bertz CT molecular complexity index is 3090. The molecule has 1 fully saturated rings. The van der Waals surface area contributed by atoms with Gasteiger partial charge in [0.25, 0.3) is 0 Å². The van der Waals surface area contributed by atoms with Gasteiger partial charge in [0.15, 0.2) is 18.0 Å². The highest BCUT2D eigenvalue weighted by atomic mass is 35.5. The number of benzene rings is 3. The zero-order chi connectivity index (χ0) is 56.9. The summed E-state index contributed by atoms with van der Waals surface area (Å²) < 4.78 is 35.6. The van der Waals surface area contributed by atoms with Crippen molar-refractivity contribution in [2.45, 2.75) is 105 Å². The molecular weight excluding hydrogens is 1050 g/mol. The van der Waals surface area contributed by atoms with E-state index in [9.17, 15) is 24.3 Å². The second kappa shape index (κ2) is 27.3. The maximum absolute atomic E-state index is 14.0. The van der Waals surface area contributed by atoms with Crippen molar-refractivity contribution < 1.29 is 52.4 Å². The number of β-amino-alcohol motifs (C(OH)–C–C–N with tert-alkyl or cyclic N) is 1. The van der Waals surface area contributed by atoms with Gasteiger partial charge in [0.1, 0.15) is 48.9 Å². The molecular formula is C58H71ClN10O11.